The number of carbonyl (C=O) groups is 2. The maximum absolute atomic E-state index is 13.0. The smallest absolute Gasteiger partial charge is 0.314 e. The Kier molecular flexibility index (Phi) is 3.76. The van der Waals surface area contributed by atoms with Crippen molar-refractivity contribution in [3.63, 3.8) is 0 Å². The quantitative estimate of drug-likeness (QED) is 0.881. The van der Waals surface area contributed by atoms with Gasteiger partial charge in [-0.05, 0) is 42.9 Å². The first kappa shape index (κ1) is 14.8. The van der Waals surface area contributed by atoms with E-state index in [0.717, 1.165) is 24.8 Å². The first-order valence-corrected chi connectivity index (χ1v) is 7.60. The molecule has 2 aliphatic rings. The van der Waals surface area contributed by atoms with E-state index in [0.29, 0.717) is 19.6 Å². The van der Waals surface area contributed by atoms with Crippen LogP contribution in [0, 0.1) is 11.7 Å². The highest BCUT2D eigenvalue weighted by molar-refractivity contribution is 5.91. The van der Waals surface area contributed by atoms with Crippen molar-refractivity contribution < 1.29 is 14.0 Å². The van der Waals surface area contributed by atoms with E-state index in [1.165, 1.54) is 12.1 Å². The summed E-state index contributed by atoms with van der Waals surface area (Å²) >= 11 is 0. The molecule has 3 amide bonds. The Balaban J connectivity index is 1.56. The molecule has 22 heavy (non-hydrogen) atoms. The first-order valence-electron chi connectivity index (χ1n) is 7.60. The number of carbonyl (C=O) groups excluding carboxylic acids is 2. The predicted molar refractivity (Wildman–Crippen MR) is 79.6 cm³/mol. The number of rotatable bonds is 4. The molecule has 1 saturated carbocycles. The lowest BCUT2D eigenvalue weighted by Gasteiger charge is -2.18. The van der Waals surface area contributed by atoms with Crippen molar-refractivity contribution in [3.05, 3.63) is 35.6 Å². The van der Waals surface area contributed by atoms with Crippen LogP contribution in [0.25, 0.3) is 0 Å². The van der Waals surface area contributed by atoms with Crippen LogP contribution >= 0.6 is 0 Å². The van der Waals surface area contributed by atoms with Gasteiger partial charge in [0.05, 0.1) is 5.41 Å². The molecule has 0 spiro atoms. The van der Waals surface area contributed by atoms with E-state index in [1.54, 1.807) is 17.0 Å². The zero-order chi connectivity index (χ0) is 15.7. The molecule has 0 bridgehead atoms. The summed E-state index contributed by atoms with van der Waals surface area (Å²) in [4.78, 5) is 25.2. The number of amides is 3. The molecular formula is C16H20FN3O2. The summed E-state index contributed by atoms with van der Waals surface area (Å²) in [6, 6.07) is 5.76. The third-order valence-corrected chi connectivity index (χ3v) is 4.73. The minimum absolute atomic E-state index is 0.00312. The molecule has 6 heteroatoms. The molecule has 1 heterocycles. The summed E-state index contributed by atoms with van der Waals surface area (Å²) in [7, 11) is 0. The van der Waals surface area contributed by atoms with Crippen molar-refractivity contribution >= 4 is 11.9 Å². The van der Waals surface area contributed by atoms with Gasteiger partial charge in [0, 0.05) is 19.6 Å². The SMILES string of the molecule is NC(=O)N1CCC(CNC(=O)C2(c3ccc(F)cc3)CC2)C1. The average Bonchev–Trinajstić information content (AvgIpc) is 3.17. The Morgan fingerprint density at radius 2 is 2.00 bits per heavy atom. The van der Waals surface area contributed by atoms with Crippen LogP contribution in [0.5, 0.6) is 0 Å². The number of halogens is 1. The van der Waals surface area contributed by atoms with Crippen molar-refractivity contribution in [1.29, 1.82) is 0 Å². The molecule has 3 rings (SSSR count). The lowest BCUT2D eigenvalue weighted by molar-refractivity contribution is -0.123. The normalized spacial score (nSPS) is 22.4. The Bertz CT molecular complexity index is 584. The summed E-state index contributed by atoms with van der Waals surface area (Å²) in [6.45, 7) is 1.80. The topological polar surface area (TPSA) is 75.4 Å². The number of urea groups is 1. The fourth-order valence-electron chi connectivity index (χ4n) is 3.15. The highest BCUT2D eigenvalue weighted by Gasteiger charge is 2.51. The Morgan fingerprint density at radius 1 is 1.32 bits per heavy atom. The average molecular weight is 305 g/mol. The molecule has 5 nitrogen and oxygen atoms in total. The Morgan fingerprint density at radius 3 is 2.55 bits per heavy atom. The molecular weight excluding hydrogens is 285 g/mol. The number of nitrogens with one attached hydrogen (secondary N) is 1. The van der Waals surface area contributed by atoms with Gasteiger partial charge in [0.25, 0.3) is 0 Å². The van der Waals surface area contributed by atoms with Gasteiger partial charge >= 0.3 is 6.03 Å². The first-order chi connectivity index (χ1) is 10.5. The van der Waals surface area contributed by atoms with Gasteiger partial charge in [0.15, 0.2) is 0 Å². The minimum atomic E-state index is -0.490. The van der Waals surface area contributed by atoms with Crippen LogP contribution in [0.15, 0.2) is 24.3 Å². The lowest BCUT2D eigenvalue weighted by atomic mass is 9.94. The van der Waals surface area contributed by atoms with Gasteiger partial charge in [-0.2, -0.15) is 0 Å². The summed E-state index contributed by atoms with van der Waals surface area (Å²) < 4.78 is 13.0. The van der Waals surface area contributed by atoms with Crippen molar-refractivity contribution in [3.8, 4) is 0 Å². The van der Waals surface area contributed by atoms with Crippen molar-refractivity contribution in [2.75, 3.05) is 19.6 Å². The molecule has 1 aliphatic carbocycles. The maximum Gasteiger partial charge on any atom is 0.314 e. The number of hydrogen-bond acceptors (Lipinski definition) is 2. The molecule has 1 unspecified atom stereocenters. The number of benzene rings is 1. The van der Waals surface area contributed by atoms with Crippen LogP contribution in [0.2, 0.25) is 0 Å². The van der Waals surface area contributed by atoms with Crippen LogP contribution in [0.4, 0.5) is 9.18 Å². The number of primary amides is 1. The number of nitrogens with two attached hydrogens (primary N) is 1. The van der Waals surface area contributed by atoms with Gasteiger partial charge < -0.3 is 16.0 Å². The van der Waals surface area contributed by atoms with E-state index in [1.807, 2.05) is 0 Å². The van der Waals surface area contributed by atoms with E-state index in [4.69, 9.17) is 5.73 Å². The zero-order valence-corrected chi connectivity index (χ0v) is 12.3. The van der Waals surface area contributed by atoms with E-state index < -0.39 is 11.4 Å². The summed E-state index contributed by atoms with van der Waals surface area (Å²) in [5.74, 6) is -0.0467. The molecule has 1 aliphatic heterocycles. The van der Waals surface area contributed by atoms with Crippen LogP contribution in [-0.2, 0) is 10.2 Å². The number of hydrogen-bond donors (Lipinski definition) is 2. The van der Waals surface area contributed by atoms with Crippen LogP contribution in [0.3, 0.4) is 0 Å². The molecule has 118 valence electrons. The van der Waals surface area contributed by atoms with Gasteiger partial charge in [-0.1, -0.05) is 12.1 Å². The highest BCUT2D eigenvalue weighted by atomic mass is 19.1. The van der Waals surface area contributed by atoms with Crippen molar-refractivity contribution in [2.45, 2.75) is 24.7 Å². The van der Waals surface area contributed by atoms with Gasteiger partial charge in [-0.25, -0.2) is 9.18 Å². The van der Waals surface area contributed by atoms with E-state index >= 15 is 0 Å². The van der Waals surface area contributed by atoms with E-state index in [-0.39, 0.29) is 17.6 Å². The molecule has 1 saturated heterocycles. The van der Waals surface area contributed by atoms with Gasteiger partial charge in [-0.3, -0.25) is 4.79 Å². The molecule has 2 fully saturated rings. The minimum Gasteiger partial charge on any atom is -0.355 e. The van der Waals surface area contributed by atoms with Gasteiger partial charge in [0.1, 0.15) is 5.82 Å². The van der Waals surface area contributed by atoms with Crippen molar-refractivity contribution in [1.82, 2.24) is 10.2 Å². The zero-order valence-electron chi connectivity index (χ0n) is 12.3. The van der Waals surface area contributed by atoms with Gasteiger partial charge in [0.2, 0.25) is 5.91 Å². The fourth-order valence-corrected chi connectivity index (χ4v) is 3.15. The Labute approximate surface area is 128 Å². The van der Waals surface area contributed by atoms with E-state index in [9.17, 15) is 14.0 Å². The molecule has 1 atom stereocenters. The summed E-state index contributed by atoms with van der Waals surface area (Å²) in [5, 5.41) is 2.99. The molecule has 1 aromatic carbocycles. The lowest BCUT2D eigenvalue weighted by Crippen LogP contribution is -2.39. The second-order valence-electron chi connectivity index (χ2n) is 6.24. The van der Waals surface area contributed by atoms with E-state index in [2.05, 4.69) is 5.32 Å². The largest absolute Gasteiger partial charge is 0.355 e. The molecule has 3 N–H and O–H groups in total. The van der Waals surface area contributed by atoms with Gasteiger partial charge in [-0.15, -0.1) is 0 Å². The van der Waals surface area contributed by atoms with Crippen LogP contribution < -0.4 is 11.1 Å². The predicted octanol–water partition coefficient (Wildman–Crippen LogP) is 1.37. The highest BCUT2D eigenvalue weighted by Crippen LogP contribution is 2.48. The third-order valence-electron chi connectivity index (χ3n) is 4.73. The second kappa shape index (κ2) is 5.59. The van der Waals surface area contributed by atoms with Crippen LogP contribution in [0.1, 0.15) is 24.8 Å². The van der Waals surface area contributed by atoms with Crippen molar-refractivity contribution in [2.24, 2.45) is 11.7 Å². The summed E-state index contributed by atoms with van der Waals surface area (Å²) in [5.41, 5.74) is 5.63. The summed E-state index contributed by atoms with van der Waals surface area (Å²) in [6.07, 6.45) is 2.44. The van der Waals surface area contributed by atoms with Crippen LogP contribution in [-0.4, -0.2) is 36.5 Å². The fraction of sp³-hybridized carbons (Fsp3) is 0.500. The second-order valence-corrected chi connectivity index (χ2v) is 6.24. The molecule has 0 radical (unpaired) electrons. The molecule has 1 aromatic rings. The third kappa shape index (κ3) is 2.77. The molecule has 0 aromatic heterocycles. The Hall–Kier alpha value is -2.11. The number of likely N-dealkylation sites (tertiary alicyclic amines) is 1. The maximum atomic E-state index is 13.0. The monoisotopic (exact) mass is 305 g/mol. The number of nitrogens with zero attached hydrogens (tertiary/aromatic N) is 1. The standard InChI is InChI=1S/C16H20FN3O2/c17-13-3-1-12(2-4-13)16(6-7-16)14(21)19-9-11-5-8-20(10-11)15(18)22/h1-4,11H,5-10H2,(H2,18,22)(H,19,21).